The van der Waals surface area contributed by atoms with Gasteiger partial charge < -0.3 is 4.57 Å². The van der Waals surface area contributed by atoms with E-state index in [4.69, 9.17) is 15.0 Å². The summed E-state index contributed by atoms with van der Waals surface area (Å²) in [5.74, 6) is 1.92. The van der Waals surface area contributed by atoms with Crippen LogP contribution in [0.2, 0.25) is 0 Å². The van der Waals surface area contributed by atoms with Crippen molar-refractivity contribution < 1.29 is 0 Å². The van der Waals surface area contributed by atoms with E-state index in [0.29, 0.717) is 17.5 Å². The van der Waals surface area contributed by atoms with Crippen molar-refractivity contribution in [3.8, 4) is 62.1 Å². The summed E-state index contributed by atoms with van der Waals surface area (Å²) < 4.78 is 2.45. The molecule has 2 heterocycles. The first kappa shape index (κ1) is 33.0. The minimum atomic E-state index is -0.129. The molecular formula is C51H40N4. The van der Waals surface area contributed by atoms with Crippen molar-refractivity contribution in [1.82, 2.24) is 19.5 Å². The average Bonchev–Trinajstić information content (AvgIpc) is 3.57. The number of hydrogen-bond acceptors (Lipinski definition) is 3. The van der Waals surface area contributed by atoms with Gasteiger partial charge in [0, 0.05) is 33.2 Å². The van der Waals surface area contributed by atoms with E-state index in [0.717, 1.165) is 39.0 Å². The predicted molar refractivity (Wildman–Crippen MR) is 227 cm³/mol. The summed E-state index contributed by atoms with van der Waals surface area (Å²) in [5, 5.41) is 2.47. The van der Waals surface area contributed by atoms with Crippen molar-refractivity contribution in [2.45, 2.75) is 38.5 Å². The van der Waals surface area contributed by atoms with E-state index >= 15 is 0 Å². The average molecular weight is 709 g/mol. The summed E-state index contributed by atoms with van der Waals surface area (Å²) in [4.78, 5) is 15.3. The second kappa shape index (κ2) is 12.5. The molecule has 2 aromatic heterocycles. The zero-order valence-electron chi connectivity index (χ0n) is 31.5. The Hall–Kier alpha value is -6.65. The summed E-state index contributed by atoms with van der Waals surface area (Å²) >= 11 is 0. The second-order valence-corrected chi connectivity index (χ2v) is 15.7. The SMILES string of the molecule is CC1(C)c2ccccc2-c2cc3c4ccccc4n(-c4cc(-c5ccccc5)cc(-c5nc(-c6ccccc6)nc(-c6ccccc6)n5)c4)c3cc2C1(C)C. The molecule has 0 aliphatic heterocycles. The van der Waals surface area contributed by atoms with E-state index in [1.54, 1.807) is 0 Å². The van der Waals surface area contributed by atoms with E-state index in [2.05, 4.69) is 166 Å². The number of hydrogen-bond donors (Lipinski definition) is 0. The van der Waals surface area contributed by atoms with Gasteiger partial charge in [-0.05, 0) is 80.6 Å². The van der Waals surface area contributed by atoms with E-state index in [1.807, 2.05) is 36.4 Å². The van der Waals surface area contributed by atoms with Crippen LogP contribution in [0.15, 0.2) is 170 Å². The summed E-state index contributed by atoms with van der Waals surface area (Å²) in [6, 6.07) is 60.4. The first-order chi connectivity index (χ1) is 26.8. The molecule has 264 valence electrons. The van der Waals surface area contributed by atoms with E-state index in [9.17, 15) is 0 Å². The van der Waals surface area contributed by atoms with Gasteiger partial charge in [0.15, 0.2) is 17.5 Å². The lowest BCUT2D eigenvalue weighted by molar-refractivity contribution is 0.299. The Labute approximate surface area is 321 Å². The molecule has 4 nitrogen and oxygen atoms in total. The Morgan fingerprint density at radius 1 is 0.364 bits per heavy atom. The van der Waals surface area contributed by atoms with Gasteiger partial charge in [-0.2, -0.15) is 0 Å². The first-order valence-electron chi connectivity index (χ1n) is 19.0. The molecule has 0 unspecified atom stereocenters. The van der Waals surface area contributed by atoms with Crippen LogP contribution in [-0.4, -0.2) is 19.5 Å². The van der Waals surface area contributed by atoms with Gasteiger partial charge in [0.05, 0.1) is 11.0 Å². The molecule has 0 N–H and O–H groups in total. The minimum absolute atomic E-state index is 0.0763. The van der Waals surface area contributed by atoms with Crippen LogP contribution in [0, 0.1) is 0 Å². The van der Waals surface area contributed by atoms with Crippen LogP contribution in [0.5, 0.6) is 0 Å². The lowest BCUT2D eigenvalue weighted by Crippen LogP contribution is -2.43. The maximum atomic E-state index is 5.16. The minimum Gasteiger partial charge on any atom is -0.309 e. The van der Waals surface area contributed by atoms with Gasteiger partial charge >= 0.3 is 0 Å². The molecule has 7 aromatic carbocycles. The highest BCUT2D eigenvalue weighted by Gasteiger charge is 2.46. The van der Waals surface area contributed by atoms with Crippen molar-refractivity contribution in [1.29, 1.82) is 0 Å². The third kappa shape index (κ3) is 5.24. The molecule has 0 spiro atoms. The van der Waals surface area contributed by atoms with Crippen molar-refractivity contribution >= 4 is 21.8 Å². The van der Waals surface area contributed by atoms with Crippen molar-refractivity contribution in [2.24, 2.45) is 0 Å². The summed E-state index contributed by atoms with van der Waals surface area (Å²) in [5.41, 5.74) is 13.6. The number of benzene rings is 7. The van der Waals surface area contributed by atoms with Crippen LogP contribution >= 0.6 is 0 Å². The van der Waals surface area contributed by atoms with E-state index in [-0.39, 0.29) is 10.8 Å². The standard InChI is InChI=1S/C51H40N4/c1-50(2)43-26-16-14-24-39(43)41-31-42-40-25-15-17-27-45(40)55(46(42)32-44(41)51(50,3)4)38-29-36(33-18-8-5-9-19-33)28-37(30-38)49-53-47(34-20-10-6-11-21-34)52-48(54-49)35-22-12-7-13-23-35/h5-32H,1-4H3. The van der Waals surface area contributed by atoms with Crippen molar-refractivity contribution in [3.05, 3.63) is 181 Å². The Bertz CT molecular complexity index is 2850. The Morgan fingerprint density at radius 3 is 1.53 bits per heavy atom. The molecule has 0 fully saturated rings. The molecule has 0 bridgehead atoms. The van der Waals surface area contributed by atoms with Gasteiger partial charge in [-0.3, -0.25) is 0 Å². The third-order valence-electron chi connectivity index (χ3n) is 12.2. The molecule has 9 aromatic rings. The highest BCUT2D eigenvalue weighted by molar-refractivity contribution is 6.11. The molecular weight excluding hydrogens is 669 g/mol. The molecule has 1 aliphatic rings. The van der Waals surface area contributed by atoms with Gasteiger partial charge in [0.25, 0.3) is 0 Å². The lowest BCUT2D eigenvalue weighted by Gasteiger charge is -2.48. The highest BCUT2D eigenvalue weighted by atomic mass is 15.0. The monoisotopic (exact) mass is 708 g/mol. The Balaban J connectivity index is 1.27. The number of para-hydroxylation sites is 1. The molecule has 1 aliphatic carbocycles. The quantitative estimate of drug-likeness (QED) is 0.179. The van der Waals surface area contributed by atoms with E-state index < -0.39 is 0 Å². The summed E-state index contributed by atoms with van der Waals surface area (Å²) in [6.45, 7) is 9.60. The highest BCUT2D eigenvalue weighted by Crippen LogP contribution is 2.55. The fourth-order valence-corrected chi connectivity index (χ4v) is 8.57. The fourth-order valence-electron chi connectivity index (χ4n) is 8.57. The summed E-state index contributed by atoms with van der Waals surface area (Å²) in [7, 11) is 0. The van der Waals surface area contributed by atoms with Gasteiger partial charge in [-0.1, -0.05) is 161 Å². The lowest BCUT2D eigenvalue weighted by atomic mass is 9.55. The summed E-state index contributed by atoms with van der Waals surface area (Å²) in [6.07, 6.45) is 0. The van der Waals surface area contributed by atoms with Crippen LogP contribution < -0.4 is 0 Å². The van der Waals surface area contributed by atoms with Gasteiger partial charge in [-0.15, -0.1) is 0 Å². The van der Waals surface area contributed by atoms with Gasteiger partial charge in [0.2, 0.25) is 0 Å². The van der Waals surface area contributed by atoms with Crippen LogP contribution in [0.3, 0.4) is 0 Å². The molecule has 0 amide bonds. The van der Waals surface area contributed by atoms with Crippen LogP contribution in [0.25, 0.3) is 83.9 Å². The largest absolute Gasteiger partial charge is 0.309 e. The van der Waals surface area contributed by atoms with Crippen LogP contribution in [0.1, 0.15) is 38.8 Å². The normalized spacial score (nSPS) is 14.1. The Kier molecular flexibility index (Phi) is 7.47. The van der Waals surface area contributed by atoms with E-state index in [1.165, 1.54) is 38.5 Å². The molecule has 10 rings (SSSR count). The number of fused-ring (bicyclic) bond motifs is 6. The van der Waals surface area contributed by atoms with Crippen LogP contribution in [-0.2, 0) is 10.8 Å². The maximum absolute atomic E-state index is 5.16. The maximum Gasteiger partial charge on any atom is 0.164 e. The van der Waals surface area contributed by atoms with Crippen LogP contribution in [0.4, 0.5) is 0 Å². The van der Waals surface area contributed by atoms with Gasteiger partial charge in [-0.25, -0.2) is 15.0 Å². The van der Waals surface area contributed by atoms with Gasteiger partial charge in [0.1, 0.15) is 0 Å². The zero-order chi connectivity index (χ0) is 37.3. The molecule has 0 radical (unpaired) electrons. The fraction of sp³-hybridized carbons (Fsp3) is 0.118. The molecule has 0 atom stereocenters. The predicted octanol–water partition coefficient (Wildman–Crippen LogP) is 12.9. The number of rotatable bonds is 5. The topological polar surface area (TPSA) is 43.6 Å². The number of aromatic nitrogens is 4. The second-order valence-electron chi connectivity index (χ2n) is 15.7. The first-order valence-corrected chi connectivity index (χ1v) is 19.0. The van der Waals surface area contributed by atoms with Crippen molar-refractivity contribution in [2.75, 3.05) is 0 Å². The molecule has 0 saturated carbocycles. The molecule has 0 saturated heterocycles. The number of nitrogens with zero attached hydrogens (tertiary/aromatic N) is 4. The smallest absolute Gasteiger partial charge is 0.164 e. The zero-order valence-corrected chi connectivity index (χ0v) is 31.5. The molecule has 4 heteroatoms. The molecule has 55 heavy (non-hydrogen) atoms. The Morgan fingerprint density at radius 2 is 0.873 bits per heavy atom. The van der Waals surface area contributed by atoms with Crippen molar-refractivity contribution in [3.63, 3.8) is 0 Å². The third-order valence-corrected chi connectivity index (χ3v) is 12.2.